The first-order valence-corrected chi connectivity index (χ1v) is 6.31. The van der Waals surface area contributed by atoms with Crippen molar-refractivity contribution in [2.24, 2.45) is 11.7 Å². The normalized spacial score (nSPS) is 15.3. The summed E-state index contributed by atoms with van der Waals surface area (Å²) >= 11 is 3.57. The smallest absolute Gasteiger partial charge is 0.0216 e. The lowest BCUT2D eigenvalue weighted by Gasteiger charge is -2.33. The van der Waals surface area contributed by atoms with Gasteiger partial charge in [0.15, 0.2) is 0 Å². The molecular formula is C13H20BrN. The summed E-state index contributed by atoms with van der Waals surface area (Å²) in [5.41, 5.74) is 7.63. The fourth-order valence-electron chi connectivity index (χ4n) is 1.73. The second kappa shape index (κ2) is 5.13. The number of benzene rings is 1. The molecule has 0 bridgehead atoms. The second-order valence-electron chi connectivity index (χ2n) is 4.51. The van der Waals surface area contributed by atoms with Crippen LogP contribution in [0.25, 0.3) is 0 Å². The van der Waals surface area contributed by atoms with Crippen LogP contribution in [0.15, 0.2) is 28.7 Å². The van der Waals surface area contributed by atoms with Crippen molar-refractivity contribution in [1.29, 1.82) is 0 Å². The Morgan fingerprint density at radius 2 is 1.93 bits per heavy atom. The third-order valence-electron chi connectivity index (χ3n) is 3.29. The monoisotopic (exact) mass is 269 g/mol. The van der Waals surface area contributed by atoms with Crippen molar-refractivity contribution < 1.29 is 0 Å². The van der Waals surface area contributed by atoms with E-state index >= 15 is 0 Å². The Hall–Kier alpha value is -0.340. The van der Waals surface area contributed by atoms with E-state index < -0.39 is 0 Å². The molecule has 0 aliphatic heterocycles. The largest absolute Gasteiger partial charge is 0.325 e. The van der Waals surface area contributed by atoms with E-state index in [0.29, 0.717) is 5.92 Å². The van der Waals surface area contributed by atoms with Crippen molar-refractivity contribution in [3.05, 3.63) is 34.3 Å². The fourth-order valence-corrected chi connectivity index (χ4v) is 2.16. The van der Waals surface area contributed by atoms with E-state index in [4.69, 9.17) is 5.73 Å². The van der Waals surface area contributed by atoms with Gasteiger partial charge in [-0.1, -0.05) is 54.9 Å². The van der Waals surface area contributed by atoms with Gasteiger partial charge in [-0.25, -0.2) is 0 Å². The summed E-state index contributed by atoms with van der Waals surface area (Å²) in [4.78, 5) is 0. The van der Waals surface area contributed by atoms with E-state index in [2.05, 4.69) is 54.9 Å². The van der Waals surface area contributed by atoms with Crippen LogP contribution in [0.3, 0.4) is 0 Å². The van der Waals surface area contributed by atoms with Crippen LogP contribution in [0.1, 0.15) is 32.8 Å². The first-order chi connectivity index (χ1) is 6.99. The molecule has 0 saturated heterocycles. The lowest BCUT2D eigenvalue weighted by molar-refractivity contribution is 0.296. The first-order valence-electron chi connectivity index (χ1n) is 5.52. The summed E-state index contributed by atoms with van der Waals surface area (Å²) in [6, 6.07) is 8.32. The minimum Gasteiger partial charge on any atom is -0.325 e. The summed E-state index contributed by atoms with van der Waals surface area (Å²) < 4.78 is 1.16. The van der Waals surface area contributed by atoms with Gasteiger partial charge in [-0.05, 0) is 30.4 Å². The average molecular weight is 270 g/mol. The molecule has 1 aromatic carbocycles. The number of nitrogens with two attached hydrogens (primary N) is 1. The predicted molar refractivity (Wildman–Crippen MR) is 69.9 cm³/mol. The highest BCUT2D eigenvalue weighted by Crippen LogP contribution is 2.26. The molecule has 1 aromatic rings. The third-order valence-corrected chi connectivity index (χ3v) is 4.06. The first kappa shape index (κ1) is 12.7. The Morgan fingerprint density at radius 3 is 2.40 bits per heavy atom. The zero-order valence-corrected chi connectivity index (χ0v) is 11.3. The van der Waals surface area contributed by atoms with Gasteiger partial charge < -0.3 is 5.73 Å². The maximum absolute atomic E-state index is 6.42. The van der Waals surface area contributed by atoms with Crippen LogP contribution >= 0.6 is 15.9 Å². The van der Waals surface area contributed by atoms with Gasteiger partial charge >= 0.3 is 0 Å². The number of halogens is 1. The maximum Gasteiger partial charge on any atom is 0.0216 e. The number of hydrogen-bond donors (Lipinski definition) is 1. The van der Waals surface area contributed by atoms with Crippen molar-refractivity contribution in [1.82, 2.24) is 0 Å². The Labute approximate surface area is 101 Å². The zero-order valence-electron chi connectivity index (χ0n) is 9.76. The lowest BCUT2D eigenvalue weighted by atomic mass is 9.80. The molecule has 2 heteroatoms. The van der Waals surface area contributed by atoms with E-state index in [1.807, 2.05) is 6.07 Å². The van der Waals surface area contributed by atoms with Crippen molar-refractivity contribution in [3.63, 3.8) is 0 Å². The van der Waals surface area contributed by atoms with Crippen LogP contribution in [0.5, 0.6) is 0 Å². The molecule has 1 nitrogen and oxygen atoms in total. The Morgan fingerprint density at radius 1 is 1.33 bits per heavy atom. The van der Waals surface area contributed by atoms with Crippen LogP contribution in [0, 0.1) is 5.92 Å². The second-order valence-corrected chi connectivity index (χ2v) is 5.36. The summed E-state index contributed by atoms with van der Waals surface area (Å²) in [6.45, 7) is 6.55. The van der Waals surface area contributed by atoms with Crippen LogP contribution in [-0.2, 0) is 6.42 Å². The molecular weight excluding hydrogens is 250 g/mol. The van der Waals surface area contributed by atoms with E-state index in [9.17, 15) is 0 Å². The molecule has 1 unspecified atom stereocenters. The molecule has 0 aliphatic carbocycles. The molecule has 1 atom stereocenters. The van der Waals surface area contributed by atoms with Crippen LogP contribution < -0.4 is 5.73 Å². The molecule has 15 heavy (non-hydrogen) atoms. The zero-order chi connectivity index (χ0) is 11.5. The van der Waals surface area contributed by atoms with Crippen LogP contribution in [0.2, 0.25) is 0 Å². The van der Waals surface area contributed by atoms with Gasteiger partial charge in [0.05, 0.1) is 0 Å². The highest BCUT2D eigenvalue weighted by molar-refractivity contribution is 9.10. The van der Waals surface area contributed by atoms with Crippen molar-refractivity contribution in [2.75, 3.05) is 0 Å². The molecule has 0 amide bonds. The fraction of sp³-hybridized carbons (Fsp3) is 0.538. The quantitative estimate of drug-likeness (QED) is 0.885. The van der Waals surface area contributed by atoms with E-state index in [0.717, 1.165) is 17.3 Å². The van der Waals surface area contributed by atoms with E-state index in [-0.39, 0.29) is 5.54 Å². The summed E-state index contributed by atoms with van der Waals surface area (Å²) in [6.07, 6.45) is 1.94. The van der Waals surface area contributed by atoms with Gasteiger partial charge in [-0.15, -0.1) is 0 Å². The molecule has 0 radical (unpaired) electrons. The molecule has 0 fully saturated rings. The Bertz CT molecular complexity index is 322. The summed E-state index contributed by atoms with van der Waals surface area (Å²) in [7, 11) is 0. The van der Waals surface area contributed by atoms with Crippen molar-refractivity contribution >= 4 is 15.9 Å². The topological polar surface area (TPSA) is 26.0 Å². The third kappa shape index (κ3) is 3.05. The van der Waals surface area contributed by atoms with Gasteiger partial charge in [-0.2, -0.15) is 0 Å². The van der Waals surface area contributed by atoms with Gasteiger partial charge in [0.1, 0.15) is 0 Å². The molecule has 0 spiro atoms. The minimum atomic E-state index is -0.0934. The van der Waals surface area contributed by atoms with Crippen molar-refractivity contribution in [3.8, 4) is 0 Å². The standard InChI is InChI=1S/C13H20BrN/c1-4-13(15,10(2)3)9-11-7-5-6-8-12(11)14/h5-8,10H,4,9,15H2,1-3H3. The number of rotatable bonds is 4. The summed E-state index contributed by atoms with van der Waals surface area (Å²) in [5.74, 6) is 0.495. The Kier molecular flexibility index (Phi) is 4.35. The van der Waals surface area contributed by atoms with E-state index in [1.54, 1.807) is 0 Å². The number of hydrogen-bond acceptors (Lipinski definition) is 1. The summed E-state index contributed by atoms with van der Waals surface area (Å²) in [5, 5.41) is 0. The average Bonchev–Trinajstić information content (AvgIpc) is 2.21. The van der Waals surface area contributed by atoms with Gasteiger partial charge in [0, 0.05) is 10.0 Å². The molecule has 0 saturated carbocycles. The van der Waals surface area contributed by atoms with Gasteiger partial charge in [0.2, 0.25) is 0 Å². The Balaban J connectivity index is 2.89. The van der Waals surface area contributed by atoms with E-state index in [1.165, 1.54) is 5.56 Å². The lowest BCUT2D eigenvalue weighted by Crippen LogP contribution is -2.46. The van der Waals surface area contributed by atoms with Gasteiger partial charge in [0.25, 0.3) is 0 Å². The predicted octanol–water partition coefficient (Wildman–Crippen LogP) is 3.76. The molecule has 84 valence electrons. The highest BCUT2D eigenvalue weighted by Gasteiger charge is 2.27. The molecule has 2 N–H and O–H groups in total. The highest BCUT2D eigenvalue weighted by atomic mass is 79.9. The molecule has 0 aromatic heterocycles. The van der Waals surface area contributed by atoms with Crippen molar-refractivity contribution in [2.45, 2.75) is 39.2 Å². The maximum atomic E-state index is 6.42. The molecule has 1 rings (SSSR count). The molecule has 0 heterocycles. The SMILES string of the molecule is CCC(N)(Cc1ccccc1Br)C(C)C. The van der Waals surface area contributed by atoms with Crippen LogP contribution in [0.4, 0.5) is 0 Å². The van der Waals surface area contributed by atoms with Crippen LogP contribution in [-0.4, -0.2) is 5.54 Å². The van der Waals surface area contributed by atoms with Gasteiger partial charge in [-0.3, -0.25) is 0 Å². The minimum absolute atomic E-state index is 0.0934. The molecule has 0 aliphatic rings.